The maximum Gasteiger partial charge on any atom is 0.416 e. The number of unbranched alkanes of at least 4 members (excludes halogenated alkanes) is 2. The van der Waals surface area contributed by atoms with Gasteiger partial charge in [-0.2, -0.15) is 13.2 Å². The van der Waals surface area contributed by atoms with E-state index < -0.39 is 17.7 Å². The van der Waals surface area contributed by atoms with Crippen molar-refractivity contribution in [1.29, 1.82) is 0 Å². The van der Waals surface area contributed by atoms with E-state index in [2.05, 4.69) is 5.32 Å². The molecule has 0 heterocycles. The summed E-state index contributed by atoms with van der Waals surface area (Å²) in [4.78, 5) is 10.3. The Balaban J connectivity index is 2.45. The number of alkyl halides is 3. The summed E-state index contributed by atoms with van der Waals surface area (Å²) in [6, 6.07) is 3.11. The minimum absolute atomic E-state index is 0.102. The van der Waals surface area contributed by atoms with Crippen molar-refractivity contribution in [3.05, 3.63) is 28.8 Å². The summed E-state index contributed by atoms with van der Waals surface area (Å²) in [6.07, 6.45) is -2.39. The van der Waals surface area contributed by atoms with E-state index in [4.69, 9.17) is 16.7 Å². The lowest BCUT2D eigenvalue weighted by atomic mass is 10.1. The summed E-state index contributed by atoms with van der Waals surface area (Å²) < 4.78 is 37.6. The molecule has 0 aliphatic carbocycles. The lowest BCUT2D eigenvalue weighted by molar-refractivity contribution is -0.138. The molecule has 0 aromatic heterocycles. The number of carboxylic acid groups (broad SMARTS) is 1. The van der Waals surface area contributed by atoms with Crippen LogP contribution >= 0.6 is 11.6 Å². The molecule has 0 radical (unpaired) electrons. The van der Waals surface area contributed by atoms with Gasteiger partial charge in [0.1, 0.15) is 0 Å². The fourth-order valence-corrected chi connectivity index (χ4v) is 1.82. The number of carboxylic acids is 1. The number of rotatable bonds is 7. The van der Waals surface area contributed by atoms with Crippen molar-refractivity contribution in [2.45, 2.75) is 31.9 Å². The average molecular weight is 310 g/mol. The molecule has 1 rings (SSSR count). The van der Waals surface area contributed by atoms with Gasteiger partial charge in [-0.25, -0.2) is 0 Å². The van der Waals surface area contributed by atoms with Crippen LogP contribution < -0.4 is 5.32 Å². The molecule has 1 aromatic rings. The molecule has 0 atom stereocenters. The molecule has 0 spiro atoms. The molecule has 0 aliphatic heterocycles. The fraction of sp³-hybridized carbons (Fsp3) is 0.462. The number of benzene rings is 1. The van der Waals surface area contributed by atoms with Crippen molar-refractivity contribution in [1.82, 2.24) is 0 Å². The minimum atomic E-state index is -4.40. The minimum Gasteiger partial charge on any atom is -0.481 e. The molecular formula is C13H15ClF3NO2. The molecule has 2 N–H and O–H groups in total. The van der Waals surface area contributed by atoms with E-state index in [1.165, 1.54) is 6.07 Å². The first-order valence-electron chi connectivity index (χ1n) is 6.13. The van der Waals surface area contributed by atoms with Gasteiger partial charge in [0, 0.05) is 13.0 Å². The summed E-state index contributed by atoms with van der Waals surface area (Å²) in [5, 5.41) is 11.5. The molecular weight excluding hydrogens is 295 g/mol. The number of carbonyl (C=O) groups is 1. The molecule has 20 heavy (non-hydrogen) atoms. The molecule has 0 bridgehead atoms. The SMILES string of the molecule is O=C(O)CCCCCNc1cc(C(F)(F)F)ccc1Cl. The van der Waals surface area contributed by atoms with Gasteiger partial charge in [0.15, 0.2) is 0 Å². The van der Waals surface area contributed by atoms with Crippen molar-refractivity contribution >= 4 is 23.3 Å². The highest BCUT2D eigenvalue weighted by Gasteiger charge is 2.30. The van der Waals surface area contributed by atoms with Crippen molar-refractivity contribution in [2.75, 3.05) is 11.9 Å². The van der Waals surface area contributed by atoms with Crippen LogP contribution in [0.5, 0.6) is 0 Å². The van der Waals surface area contributed by atoms with Crippen molar-refractivity contribution < 1.29 is 23.1 Å². The molecule has 1 aromatic carbocycles. The molecule has 0 fully saturated rings. The van der Waals surface area contributed by atoms with Crippen LogP contribution in [0, 0.1) is 0 Å². The summed E-state index contributed by atoms with van der Waals surface area (Å²) in [5.41, 5.74) is -0.519. The van der Waals surface area contributed by atoms with Crippen molar-refractivity contribution in [3.8, 4) is 0 Å². The Morgan fingerprint density at radius 1 is 1.25 bits per heavy atom. The van der Waals surface area contributed by atoms with Gasteiger partial charge < -0.3 is 10.4 Å². The predicted molar refractivity (Wildman–Crippen MR) is 71.0 cm³/mol. The third-order valence-corrected chi connectivity index (χ3v) is 3.01. The van der Waals surface area contributed by atoms with E-state index in [-0.39, 0.29) is 17.1 Å². The Morgan fingerprint density at radius 2 is 1.95 bits per heavy atom. The zero-order valence-electron chi connectivity index (χ0n) is 10.6. The first kappa shape index (κ1) is 16.6. The van der Waals surface area contributed by atoms with Crippen LogP contribution in [0.4, 0.5) is 18.9 Å². The third kappa shape index (κ3) is 5.69. The van der Waals surface area contributed by atoms with Crippen molar-refractivity contribution in [2.24, 2.45) is 0 Å². The van der Waals surface area contributed by atoms with Gasteiger partial charge in [0.25, 0.3) is 0 Å². The van der Waals surface area contributed by atoms with Gasteiger partial charge in [-0.3, -0.25) is 4.79 Å². The van der Waals surface area contributed by atoms with E-state index in [1.807, 2.05) is 0 Å². The fourth-order valence-electron chi connectivity index (χ4n) is 1.64. The van der Waals surface area contributed by atoms with Gasteiger partial charge in [-0.15, -0.1) is 0 Å². The van der Waals surface area contributed by atoms with Crippen molar-refractivity contribution in [3.63, 3.8) is 0 Å². The summed E-state index contributed by atoms with van der Waals surface area (Å²) in [6.45, 7) is 0.445. The predicted octanol–water partition coefficient (Wildman–Crippen LogP) is 4.42. The van der Waals surface area contributed by atoms with E-state index in [9.17, 15) is 18.0 Å². The number of aliphatic carboxylic acids is 1. The molecule has 0 saturated carbocycles. The van der Waals surface area contributed by atoms with Crippen LogP contribution in [0.2, 0.25) is 5.02 Å². The molecule has 0 unspecified atom stereocenters. The topological polar surface area (TPSA) is 49.3 Å². The van der Waals surface area contributed by atoms with E-state index in [1.54, 1.807) is 0 Å². The Labute approximate surface area is 119 Å². The van der Waals surface area contributed by atoms with E-state index in [0.29, 0.717) is 25.8 Å². The second kappa shape index (κ2) is 7.38. The summed E-state index contributed by atoms with van der Waals surface area (Å²) in [5.74, 6) is -0.848. The van der Waals surface area contributed by atoms with Gasteiger partial charge in [-0.1, -0.05) is 18.0 Å². The zero-order chi connectivity index (χ0) is 15.2. The largest absolute Gasteiger partial charge is 0.481 e. The number of anilines is 1. The van der Waals surface area contributed by atoms with Gasteiger partial charge in [-0.05, 0) is 31.0 Å². The quantitative estimate of drug-likeness (QED) is 0.733. The van der Waals surface area contributed by atoms with Gasteiger partial charge in [0.05, 0.1) is 16.3 Å². The zero-order valence-corrected chi connectivity index (χ0v) is 11.4. The molecule has 0 aliphatic rings. The molecule has 7 heteroatoms. The molecule has 112 valence electrons. The van der Waals surface area contributed by atoms with Gasteiger partial charge in [0.2, 0.25) is 0 Å². The average Bonchev–Trinajstić information content (AvgIpc) is 2.33. The van der Waals surface area contributed by atoms with Crippen LogP contribution in [0.25, 0.3) is 0 Å². The van der Waals surface area contributed by atoms with E-state index in [0.717, 1.165) is 12.1 Å². The smallest absolute Gasteiger partial charge is 0.416 e. The monoisotopic (exact) mass is 309 g/mol. The number of hydrogen-bond acceptors (Lipinski definition) is 2. The van der Waals surface area contributed by atoms with Crippen LogP contribution in [0.1, 0.15) is 31.2 Å². The van der Waals surface area contributed by atoms with Crippen LogP contribution in [0.3, 0.4) is 0 Å². The maximum atomic E-state index is 12.5. The highest BCUT2D eigenvalue weighted by molar-refractivity contribution is 6.33. The highest BCUT2D eigenvalue weighted by atomic mass is 35.5. The Hall–Kier alpha value is -1.43. The third-order valence-electron chi connectivity index (χ3n) is 2.68. The number of halogens is 4. The first-order valence-corrected chi connectivity index (χ1v) is 6.51. The van der Waals surface area contributed by atoms with Crippen LogP contribution in [-0.2, 0) is 11.0 Å². The Morgan fingerprint density at radius 3 is 2.55 bits per heavy atom. The molecule has 0 saturated heterocycles. The first-order chi connectivity index (χ1) is 9.30. The standard InChI is InChI=1S/C13H15ClF3NO2/c14-10-6-5-9(13(15,16)17)8-11(10)18-7-3-1-2-4-12(19)20/h5-6,8,18H,1-4,7H2,(H,19,20). The second-order valence-electron chi connectivity index (χ2n) is 4.32. The molecule has 0 amide bonds. The lowest BCUT2D eigenvalue weighted by Gasteiger charge is -2.12. The summed E-state index contributed by atoms with van der Waals surface area (Å²) >= 11 is 5.82. The normalized spacial score (nSPS) is 11.4. The van der Waals surface area contributed by atoms with Gasteiger partial charge >= 0.3 is 12.1 Å². The van der Waals surface area contributed by atoms with Crippen LogP contribution in [-0.4, -0.2) is 17.6 Å². The highest BCUT2D eigenvalue weighted by Crippen LogP contribution is 2.33. The van der Waals surface area contributed by atoms with Crippen LogP contribution in [0.15, 0.2) is 18.2 Å². The van der Waals surface area contributed by atoms with E-state index >= 15 is 0 Å². The Bertz CT molecular complexity index is 463. The number of nitrogens with one attached hydrogen (secondary N) is 1. The second-order valence-corrected chi connectivity index (χ2v) is 4.73. The summed E-state index contributed by atoms with van der Waals surface area (Å²) in [7, 11) is 0. The number of hydrogen-bond donors (Lipinski definition) is 2. The lowest BCUT2D eigenvalue weighted by Crippen LogP contribution is -2.07. The maximum absolute atomic E-state index is 12.5. The molecule has 3 nitrogen and oxygen atoms in total. The Kier molecular flexibility index (Phi) is 6.13.